The third-order valence-electron chi connectivity index (χ3n) is 4.37. The zero-order valence-electron chi connectivity index (χ0n) is 11.6. The highest BCUT2D eigenvalue weighted by molar-refractivity contribution is 5.95. The number of nitrogens with one attached hydrogen (secondary N) is 1. The summed E-state index contributed by atoms with van der Waals surface area (Å²) >= 11 is 0. The minimum atomic E-state index is -0.883. The van der Waals surface area contributed by atoms with E-state index < -0.39 is 17.5 Å². The molecule has 3 nitrogen and oxygen atoms in total. The van der Waals surface area contributed by atoms with Crippen LogP contribution in [0, 0.1) is 17.0 Å². The van der Waals surface area contributed by atoms with Crippen molar-refractivity contribution in [1.29, 1.82) is 0 Å². The quantitative estimate of drug-likeness (QED) is 0.833. The monoisotopic (exact) mass is 282 g/mol. The normalized spacial score (nSPS) is 17.1. The SMILES string of the molecule is CCC1(CNC(=O)c2cc(N)c(F)cc2F)CCCC1. The molecular weight excluding hydrogens is 262 g/mol. The maximum Gasteiger partial charge on any atom is 0.254 e. The van der Waals surface area contributed by atoms with Crippen molar-refractivity contribution in [2.75, 3.05) is 12.3 Å². The Morgan fingerprint density at radius 3 is 2.55 bits per heavy atom. The van der Waals surface area contributed by atoms with Crippen molar-refractivity contribution in [3.05, 3.63) is 29.3 Å². The fraction of sp³-hybridized carbons (Fsp3) is 0.533. The van der Waals surface area contributed by atoms with Crippen LogP contribution in [0.4, 0.5) is 14.5 Å². The number of benzene rings is 1. The molecule has 0 atom stereocenters. The molecule has 1 saturated carbocycles. The smallest absolute Gasteiger partial charge is 0.254 e. The van der Waals surface area contributed by atoms with Gasteiger partial charge in [-0.3, -0.25) is 4.79 Å². The van der Waals surface area contributed by atoms with Crippen LogP contribution < -0.4 is 11.1 Å². The van der Waals surface area contributed by atoms with Gasteiger partial charge in [0, 0.05) is 12.6 Å². The van der Waals surface area contributed by atoms with Crippen LogP contribution in [0.5, 0.6) is 0 Å². The minimum Gasteiger partial charge on any atom is -0.396 e. The van der Waals surface area contributed by atoms with E-state index in [4.69, 9.17) is 5.73 Å². The minimum absolute atomic E-state index is 0.123. The van der Waals surface area contributed by atoms with Gasteiger partial charge < -0.3 is 11.1 Å². The van der Waals surface area contributed by atoms with E-state index in [9.17, 15) is 13.6 Å². The lowest BCUT2D eigenvalue weighted by Crippen LogP contribution is -2.36. The predicted octanol–water partition coefficient (Wildman–Crippen LogP) is 3.25. The standard InChI is InChI=1S/C15H20F2N2O/c1-2-15(5-3-4-6-15)9-19-14(20)10-7-13(18)12(17)8-11(10)16/h7-8H,2-6,9,18H2,1H3,(H,19,20). The molecule has 1 amide bonds. The molecule has 1 fully saturated rings. The molecule has 0 radical (unpaired) electrons. The Morgan fingerprint density at radius 2 is 1.95 bits per heavy atom. The topological polar surface area (TPSA) is 55.1 Å². The number of hydrogen-bond donors (Lipinski definition) is 2. The number of carbonyl (C=O) groups is 1. The Labute approximate surface area is 117 Å². The van der Waals surface area contributed by atoms with Gasteiger partial charge in [-0.2, -0.15) is 0 Å². The molecule has 0 bridgehead atoms. The Morgan fingerprint density at radius 1 is 1.30 bits per heavy atom. The molecule has 1 aromatic carbocycles. The summed E-state index contributed by atoms with van der Waals surface area (Å²) in [6.07, 6.45) is 5.49. The lowest BCUT2D eigenvalue weighted by molar-refractivity contribution is 0.0924. The van der Waals surface area contributed by atoms with Gasteiger partial charge in [0.15, 0.2) is 0 Å². The lowest BCUT2D eigenvalue weighted by atomic mass is 9.83. The number of anilines is 1. The van der Waals surface area contributed by atoms with E-state index in [-0.39, 0.29) is 16.7 Å². The fourth-order valence-electron chi connectivity index (χ4n) is 2.88. The predicted molar refractivity (Wildman–Crippen MR) is 74.3 cm³/mol. The summed E-state index contributed by atoms with van der Waals surface area (Å²) in [7, 11) is 0. The number of rotatable bonds is 4. The summed E-state index contributed by atoms with van der Waals surface area (Å²) in [5.74, 6) is -2.26. The first-order chi connectivity index (χ1) is 9.47. The molecule has 0 unspecified atom stereocenters. The summed E-state index contributed by atoms with van der Waals surface area (Å²) in [6.45, 7) is 2.63. The van der Waals surface area contributed by atoms with Crippen molar-refractivity contribution in [1.82, 2.24) is 5.32 Å². The first-order valence-corrected chi connectivity index (χ1v) is 7.00. The molecule has 0 saturated heterocycles. The first kappa shape index (κ1) is 14.8. The zero-order chi connectivity index (χ0) is 14.8. The maximum atomic E-state index is 13.6. The van der Waals surface area contributed by atoms with Gasteiger partial charge in [-0.1, -0.05) is 19.8 Å². The molecule has 1 aromatic rings. The average Bonchev–Trinajstić information content (AvgIpc) is 2.90. The highest BCUT2D eigenvalue weighted by atomic mass is 19.1. The van der Waals surface area contributed by atoms with Gasteiger partial charge in [0.1, 0.15) is 11.6 Å². The molecule has 1 aliphatic carbocycles. The summed E-state index contributed by atoms with van der Waals surface area (Å²) in [4.78, 5) is 12.0. The second-order valence-corrected chi connectivity index (χ2v) is 5.60. The van der Waals surface area contributed by atoms with Crippen LogP contribution in [0.15, 0.2) is 12.1 Å². The molecule has 5 heteroatoms. The largest absolute Gasteiger partial charge is 0.396 e. The molecule has 110 valence electrons. The summed E-state index contributed by atoms with van der Waals surface area (Å²) < 4.78 is 26.7. The second kappa shape index (κ2) is 5.77. The fourth-order valence-corrected chi connectivity index (χ4v) is 2.88. The highest BCUT2D eigenvalue weighted by Crippen LogP contribution is 2.40. The lowest BCUT2D eigenvalue weighted by Gasteiger charge is -2.27. The molecule has 0 aliphatic heterocycles. The van der Waals surface area contributed by atoms with Gasteiger partial charge in [-0.15, -0.1) is 0 Å². The molecule has 2 rings (SSSR count). The zero-order valence-corrected chi connectivity index (χ0v) is 11.6. The van der Waals surface area contributed by atoms with Crippen LogP contribution >= 0.6 is 0 Å². The average molecular weight is 282 g/mol. The maximum absolute atomic E-state index is 13.6. The molecule has 3 N–H and O–H groups in total. The Bertz CT molecular complexity index is 511. The van der Waals surface area contributed by atoms with E-state index in [0.29, 0.717) is 12.6 Å². The van der Waals surface area contributed by atoms with Gasteiger partial charge in [0.25, 0.3) is 5.91 Å². The van der Waals surface area contributed by atoms with E-state index in [1.807, 2.05) is 0 Å². The molecule has 0 heterocycles. The van der Waals surface area contributed by atoms with Gasteiger partial charge in [0.05, 0.1) is 11.3 Å². The number of nitrogens with two attached hydrogens (primary N) is 1. The van der Waals surface area contributed by atoms with Crippen LogP contribution in [0.2, 0.25) is 0 Å². The first-order valence-electron chi connectivity index (χ1n) is 7.00. The molecule has 20 heavy (non-hydrogen) atoms. The van der Waals surface area contributed by atoms with Crippen molar-refractivity contribution in [2.24, 2.45) is 5.41 Å². The van der Waals surface area contributed by atoms with Crippen LogP contribution in [0.1, 0.15) is 49.4 Å². The third kappa shape index (κ3) is 2.92. The molecule has 0 aromatic heterocycles. The number of carbonyl (C=O) groups excluding carboxylic acids is 1. The van der Waals surface area contributed by atoms with E-state index in [0.717, 1.165) is 25.3 Å². The van der Waals surface area contributed by atoms with Crippen molar-refractivity contribution >= 4 is 11.6 Å². The van der Waals surface area contributed by atoms with Crippen molar-refractivity contribution < 1.29 is 13.6 Å². The third-order valence-corrected chi connectivity index (χ3v) is 4.37. The van der Waals surface area contributed by atoms with Crippen LogP contribution in [-0.4, -0.2) is 12.5 Å². The van der Waals surface area contributed by atoms with E-state index in [1.54, 1.807) is 0 Å². The van der Waals surface area contributed by atoms with Crippen molar-refractivity contribution in [2.45, 2.75) is 39.0 Å². The van der Waals surface area contributed by atoms with E-state index in [2.05, 4.69) is 12.2 Å². The van der Waals surface area contributed by atoms with Crippen LogP contribution in [0.3, 0.4) is 0 Å². The Kier molecular flexibility index (Phi) is 4.26. The number of halogens is 2. The molecule has 1 aliphatic rings. The molecular formula is C15H20F2N2O. The Hall–Kier alpha value is -1.65. The summed E-state index contributed by atoms with van der Waals surface area (Å²) in [5, 5.41) is 2.76. The van der Waals surface area contributed by atoms with Gasteiger partial charge >= 0.3 is 0 Å². The Balaban J connectivity index is 2.07. The summed E-state index contributed by atoms with van der Waals surface area (Å²) in [6, 6.07) is 1.70. The molecule has 0 spiro atoms. The van der Waals surface area contributed by atoms with E-state index >= 15 is 0 Å². The second-order valence-electron chi connectivity index (χ2n) is 5.60. The van der Waals surface area contributed by atoms with Crippen molar-refractivity contribution in [3.8, 4) is 0 Å². The van der Waals surface area contributed by atoms with E-state index in [1.165, 1.54) is 12.8 Å². The number of hydrogen-bond acceptors (Lipinski definition) is 2. The number of nitrogen functional groups attached to an aromatic ring is 1. The van der Waals surface area contributed by atoms with Gasteiger partial charge in [-0.05, 0) is 30.7 Å². The van der Waals surface area contributed by atoms with Crippen LogP contribution in [0.25, 0.3) is 0 Å². The van der Waals surface area contributed by atoms with Crippen LogP contribution in [-0.2, 0) is 0 Å². The van der Waals surface area contributed by atoms with Gasteiger partial charge in [-0.25, -0.2) is 8.78 Å². The highest BCUT2D eigenvalue weighted by Gasteiger charge is 2.32. The van der Waals surface area contributed by atoms with Crippen molar-refractivity contribution in [3.63, 3.8) is 0 Å². The van der Waals surface area contributed by atoms with Gasteiger partial charge in [0.2, 0.25) is 0 Å². The summed E-state index contributed by atoms with van der Waals surface area (Å²) in [5.41, 5.74) is 5.08. The number of amides is 1.